The van der Waals surface area contributed by atoms with Gasteiger partial charge in [-0.1, -0.05) is 83.9 Å². The molecule has 0 spiro atoms. The molecule has 9 heteroatoms. The minimum absolute atomic E-state index is 0.0348. The number of hydrogen-bond acceptors (Lipinski definition) is 4. The molecule has 0 aromatic heterocycles. The highest BCUT2D eigenvalue weighted by molar-refractivity contribution is 8.00. The first-order chi connectivity index (χ1) is 20.9. The van der Waals surface area contributed by atoms with E-state index in [2.05, 4.69) is 16.0 Å². The molecule has 43 heavy (non-hydrogen) atoms. The Morgan fingerprint density at radius 2 is 1.35 bits per heavy atom. The van der Waals surface area contributed by atoms with Crippen LogP contribution in [-0.2, 0) is 9.59 Å². The summed E-state index contributed by atoms with van der Waals surface area (Å²) in [5.74, 6) is -0.930. The molecule has 0 fully saturated rings. The number of hydrogen-bond donors (Lipinski definition) is 3. The van der Waals surface area contributed by atoms with E-state index in [1.165, 1.54) is 17.8 Å². The first-order valence-corrected chi connectivity index (χ1v) is 15.0. The van der Waals surface area contributed by atoms with Gasteiger partial charge in [-0.25, -0.2) is 0 Å². The zero-order valence-corrected chi connectivity index (χ0v) is 25.0. The summed E-state index contributed by atoms with van der Waals surface area (Å²) in [6.45, 7) is 0. The lowest BCUT2D eigenvalue weighted by atomic mass is 10.1. The van der Waals surface area contributed by atoms with E-state index in [1.54, 1.807) is 60.7 Å². The van der Waals surface area contributed by atoms with Crippen molar-refractivity contribution < 1.29 is 14.4 Å². The van der Waals surface area contributed by atoms with Crippen LogP contribution < -0.4 is 16.0 Å². The molecular formula is C34H25Cl2N3O3S. The Morgan fingerprint density at radius 1 is 0.698 bits per heavy atom. The average molecular weight is 627 g/mol. The number of fused-ring (bicyclic) bond motifs is 1. The predicted octanol–water partition coefficient (Wildman–Crippen LogP) is 8.29. The van der Waals surface area contributed by atoms with Gasteiger partial charge < -0.3 is 16.0 Å². The summed E-state index contributed by atoms with van der Waals surface area (Å²) < 4.78 is 0. The Morgan fingerprint density at radius 3 is 2.09 bits per heavy atom. The van der Waals surface area contributed by atoms with Crippen molar-refractivity contribution >= 4 is 80.9 Å². The van der Waals surface area contributed by atoms with E-state index >= 15 is 0 Å². The first-order valence-electron chi connectivity index (χ1n) is 13.2. The molecule has 0 heterocycles. The molecule has 6 nitrogen and oxygen atoms in total. The second-order valence-electron chi connectivity index (χ2n) is 9.36. The lowest BCUT2D eigenvalue weighted by Crippen LogP contribution is -2.30. The van der Waals surface area contributed by atoms with E-state index in [-0.39, 0.29) is 17.4 Å². The van der Waals surface area contributed by atoms with Gasteiger partial charge in [0.05, 0.1) is 5.75 Å². The third-order valence-corrected chi connectivity index (χ3v) is 8.03. The molecule has 214 valence electrons. The standard InChI is InChI=1S/C34H25Cl2N3O3S/c35-28-13-7-14-29(36)27(28)20-31(39-33(41)23-9-2-1-3-10-23)34(42)37-24-16-18-25(19-17-24)43-21-32(40)38-30-15-6-11-22-8-4-5-12-26(22)30/h1-20H,21H2,(H,37,42)(H,38,40)(H,39,41)/b31-20-. The number of nitrogens with one attached hydrogen (secondary N) is 3. The summed E-state index contributed by atoms with van der Waals surface area (Å²) in [5, 5.41) is 11.2. The van der Waals surface area contributed by atoms with Crippen molar-refractivity contribution in [2.24, 2.45) is 0 Å². The summed E-state index contributed by atoms with van der Waals surface area (Å²) in [4.78, 5) is 39.7. The van der Waals surface area contributed by atoms with Gasteiger partial charge in [-0.15, -0.1) is 11.8 Å². The minimum atomic E-state index is -0.560. The summed E-state index contributed by atoms with van der Waals surface area (Å²) >= 11 is 14.0. The fourth-order valence-corrected chi connectivity index (χ4v) is 5.44. The molecule has 0 saturated heterocycles. The Bertz CT molecular complexity index is 1800. The Kier molecular flexibility index (Phi) is 9.79. The van der Waals surface area contributed by atoms with Gasteiger partial charge in [0.15, 0.2) is 0 Å². The smallest absolute Gasteiger partial charge is 0.272 e. The number of thioether (sulfide) groups is 1. The molecule has 0 aliphatic rings. The highest BCUT2D eigenvalue weighted by Crippen LogP contribution is 2.28. The maximum atomic E-state index is 13.3. The van der Waals surface area contributed by atoms with Gasteiger partial charge in [-0.3, -0.25) is 14.4 Å². The molecule has 0 aliphatic heterocycles. The van der Waals surface area contributed by atoms with E-state index in [9.17, 15) is 14.4 Å². The van der Waals surface area contributed by atoms with Crippen LogP contribution in [0.2, 0.25) is 10.0 Å². The van der Waals surface area contributed by atoms with Gasteiger partial charge in [-0.2, -0.15) is 0 Å². The van der Waals surface area contributed by atoms with Crippen LogP contribution in [0.15, 0.2) is 126 Å². The third kappa shape index (κ3) is 7.84. The second kappa shape index (κ2) is 14.1. The SMILES string of the molecule is O=C(CSc1ccc(NC(=O)/C(=C/c2c(Cl)cccc2Cl)NC(=O)c2ccccc2)cc1)Nc1cccc2ccccc12. The molecule has 5 rings (SSSR count). The zero-order chi connectivity index (χ0) is 30.2. The largest absolute Gasteiger partial charge is 0.325 e. The molecule has 3 amide bonds. The molecule has 3 N–H and O–H groups in total. The number of halogens is 2. The van der Waals surface area contributed by atoms with Crippen LogP contribution in [0.1, 0.15) is 15.9 Å². The Balaban J connectivity index is 1.25. The quantitative estimate of drug-likeness (QED) is 0.114. The summed E-state index contributed by atoms with van der Waals surface area (Å²) in [6.07, 6.45) is 1.44. The van der Waals surface area contributed by atoms with Gasteiger partial charge in [0, 0.05) is 42.8 Å². The van der Waals surface area contributed by atoms with Crippen LogP contribution in [-0.4, -0.2) is 23.5 Å². The number of anilines is 2. The van der Waals surface area contributed by atoms with Gasteiger partial charge in [0.25, 0.3) is 11.8 Å². The van der Waals surface area contributed by atoms with Crippen molar-refractivity contribution in [3.05, 3.63) is 142 Å². The van der Waals surface area contributed by atoms with Crippen LogP contribution in [0.4, 0.5) is 11.4 Å². The summed E-state index contributed by atoms with van der Waals surface area (Å²) in [7, 11) is 0. The monoisotopic (exact) mass is 625 g/mol. The summed E-state index contributed by atoms with van der Waals surface area (Å²) in [5.41, 5.74) is 2.02. The lowest BCUT2D eigenvalue weighted by molar-refractivity contribution is -0.114. The molecule has 0 atom stereocenters. The van der Waals surface area contributed by atoms with Gasteiger partial charge in [-0.05, 0) is 66.1 Å². The van der Waals surface area contributed by atoms with Crippen LogP contribution >= 0.6 is 35.0 Å². The Labute approximate surface area is 263 Å². The van der Waals surface area contributed by atoms with Crippen LogP contribution in [0, 0.1) is 0 Å². The lowest BCUT2D eigenvalue weighted by Gasteiger charge is -2.13. The number of benzene rings is 5. The molecule has 0 unspecified atom stereocenters. The highest BCUT2D eigenvalue weighted by atomic mass is 35.5. The van der Waals surface area contributed by atoms with Crippen molar-refractivity contribution in [3.63, 3.8) is 0 Å². The normalized spacial score (nSPS) is 11.2. The van der Waals surface area contributed by atoms with Crippen molar-refractivity contribution in [1.29, 1.82) is 0 Å². The Hall–Kier alpha value is -4.56. The summed E-state index contributed by atoms with van der Waals surface area (Å²) in [6, 6.07) is 34.3. The van der Waals surface area contributed by atoms with Crippen molar-refractivity contribution in [1.82, 2.24) is 5.32 Å². The van der Waals surface area contributed by atoms with Gasteiger partial charge >= 0.3 is 0 Å². The second-order valence-corrected chi connectivity index (χ2v) is 11.2. The van der Waals surface area contributed by atoms with E-state index in [4.69, 9.17) is 23.2 Å². The average Bonchev–Trinajstić information content (AvgIpc) is 3.02. The van der Waals surface area contributed by atoms with Crippen molar-refractivity contribution in [3.8, 4) is 0 Å². The third-order valence-electron chi connectivity index (χ3n) is 6.36. The highest BCUT2D eigenvalue weighted by Gasteiger charge is 2.17. The number of carbonyl (C=O) groups excluding carboxylic acids is 3. The molecule has 5 aromatic rings. The van der Waals surface area contributed by atoms with E-state index < -0.39 is 11.8 Å². The molecule has 5 aromatic carbocycles. The topological polar surface area (TPSA) is 87.3 Å². The fourth-order valence-electron chi connectivity index (χ4n) is 4.24. The maximum Gasteiger partial charge on any atom is 0.272 e. The van der Waals surface area contributed by atoms with E-state index in [1.807, 2.05) is 54.6 Å². The van der Waals surface area contributed by atoms with Crippen molar-refractivity contribution in [2.45, 2.75) is 4.90 Å². The number of carbonyl (C=O) groups is 3. The fraction of sp³-hybridized carbons (Fsp3) is 0.0294. The molecule has 0 bridgehead atoms. The first kappa shape index (κ1) is 29.9. The van der Waals surface area contributed by atoms with Gasteiger partial charge in [0.1, 0.15) is 5.70 Å². The molecule has 0 aliphatic carbocycles. The number of rotatable bonds is 9. The van der Waals surface area contributed by atoms with Crippen molar-refractivity contribution in [2.75, 3.05) is 16.4 Å². The van der Waals surface area contributed by atoms with Crippen LogP contribution in [0.5, 0.6) is 0 Å². The van der Waals surface area contributed by atoms with E-state index in [0.717, 1.165) is 21.4 Å². The molecule has 0 radical (unpaired) electrons. The maximum absolute atomic E-state index is 13.3. The van der Waals surface area contributed by atoms with Gasteiger partial charge in [0.2, 0.25) is 5.91 Å². The molecular weight excluding hydrogens is 601 g/mol. The van der Waals surface area contributed by atoms with Crippen LogP contribution in [0.3, 0.4) is 0 Å². The minimum Gasteiger partial charge on any atom is -0.325 e. The predicted molar refractivity (Wildman–Crippen MR) is 177 cm³/mol. The number of amides is 3. The molecule has 0 saturated carbocycles. The van der Waals surface area contributed by atoms with Crippen LogP contribution in [0.25, 0.3) is 16.8 Å². The van der Waals surface area contributed by atoms with E-state index in [0.29, 0.717) is 26.9 Å². The zero-order valence-electron chi connectivity index (χ0n) is 22.6.